The van der Waals surface area contributed by atoms with Crippen molar-refractivity contribution in [1.29, 1.82) is 0 Å². The fourth-order valence-electron chi connectivity index (χ4n) is 2.09. The summed E-state index contributed by atoms with van der Waals surface area (Å²) < 4.78 is 0. The summed E-state index contributed by atoms with van der Waals surface area (Å²) in [5.74, 6) is -1.30. The van der Waals surface area contributed by atoms with Crippen LogP contribution in [0.15, 0.2) is 6.07 Å². The van der Waals surface area contributed by atoms with Crippen LogP contribution in [-0.2, 0) is 16.1 Å². The highest BCUT2D eigenvalue weighted by molar-refractivity contribution is 7.14. The summed E-state index contributed by atoms with van der Waals surface area (Å²) in [4.78, 5) is 37.0. The highest BCUT2D eigenvalue weighted by atomic mass is 32.1. The van der Waals surface area contributed by atoms with Crippen LogP contribution in [0, 0.1) is 6.92 Å². The van der Waals surface area contributed by atoms with Crippen LogP contribution < -0.4 is 0 Å². The van der Waals surface area contributed by atoms with Gasteiger partial charge in [0.05, 0.1) is 6.54 Å². The maximum Gasteiger partial charge on any atom is 0.345 e. The van der Waals surface area contributed by atoms with Crippen molar-refractivity contribution in [2.75, 3.05) is 0 Å². The van der Waals surface area contributed by atoms with Gasteiger partial charge in [0, 0.05) is 17.7 Å². The van der Waals surface area contributed by atoms with Crippen molar-refractivity contribution in [1.82, 2.24) is 4.90 Å². The SMILES string of the molecule is Cc1sc(C(=O)O)cc1CN1C(=O)CCCCC1=O. The molecule has 0 unspecified atom stereocenters. The average Bonchev–Trinajstić information content (AvgIpc) is 2.64. The van der Waals surface area contributed by atoms with Crippen LogP contribution in [0.5, 0.6) is 0 Å². The molecule has 0 aliphatic carbocycles. The number of carboxylic acid groups (broad SMARTS) is 1. The normalized spacial score (nSPS) is 16.6. The number of likely N-dealkylation sites (tertiary alicyclic amines) is 1. The molecule has 6 heteroatoms. The molecule has 0 radical (unpaired) electrons. The van der Waals surface area contributed by atoms with E-state index in [1.54, 1.807) is 13.0 Å². The Morgan fingerprint density at radius 1 is 1.32 bits per heavy atom. The van der Waals surface area contributed by atoms with E-state index in [0.717, 1.165) is 23.3 Å². The lowest BCUT2D eigenvalue weighted by Crippen LogP contribution is -2.34. The molecule has 1 aromatic rings. The Morgan fingerprint density at radius 3 is 2.37 bits per heavy atom. The second-order valence-corrected chi connectivity index (χ2v) is 5.83. The smallest absolute Gasteiger partial charge is 0.345 e. The Kier molecular flexibility index (Phi) is 3.99. The molecule has 1 aromatic heterocycles. The highest BCUT2D eigenvalue weighted by Gasteiger charge is 2.25. The summed E-state index contributed by atoms with van der Waals surface area (Å²) in [6, 6.07) is 1.55. The van der Waals surface area contributed by atoms with Crippen molar-refractivity contribution in [2.45, 2.75) is 39.2 Å². The number of amides is 2. The zero-order valence-corrected chi connectivity index (χ0v) is 11.5. The van der Waals surface area contributed by atoms with Gasteiger partial charge in [0.15, 0.2) is 0 Å². The summed E-state index contributed by atoms with van der Waals surface area (Å²) in [5.41, 5.74) is 0.742. The number of aromatic carboxylic acids is 1. The average molecular weight is 281 g/mol. The highest BCUT2D eigenvalue weighted by Crippen LogP contribution is 2.24. The van der Waals surface area contributed by atoms with Gasteiger partial charge in [-0.25, -0.2) is 4.79 Å². The van der Waals surface area contributed by atoms with E-state index < -0.39 is 5.97 Å². The fourth-order valence-corrected chi connectivity index (χ4v) is 2.96. The van der Waals surface area contributed by atoms with E-state index >= 15 is 0 Å². The van der Waals surface area contributed by atoms with Gasteiger partial charge in [-0.3, -0.25) is 14.5 Å². The Labute approximate surface area is 114 Å². The van der Waals surface area contributed by atoms with Gasteiger partial charge in [0.1, 0.15) is 4.88 Å². The third-order valence-electron chi connectivity index (χ3n) is 3.19. The van der Waals surface area contributed by atoms with Gasteiger partial charge in [-0.15, -0.1) is 11.3 Å². The minimum absolute atomic E-state index is 0.162. The fraction of sp³-hybridized carbons (Fsp3) is 0.462. The van der Waals surface area contributed by atoms with Crippen molar-refractivity contribution >= 4 is 29.1 Å². The lowest BCUT2D eigenvalue weighted by Gasteiger charge is -2.18. The molecule has 0 atom stereocenters. The third kappa shape index (κ3) is 3.01. The minimum Gasteiger partial charge on any atom is -0.477 e. The number of hydrogen-bond acceptors (Lipinski definition) is 4. The second kappa shape index (κ2) is 5.52. The second-order valence-electron chi connectivity index (χ2n) is 4.58. The number of nitrogens with zero attached hydrogens (tertiary/aromatic N) is 1. The maximum atomic E-state index is 11.9. The molecule has 0 saturated carbocycles. The van der Waals surface area contributed by atoms with Crippen LogP contribution in [0.2, 0.25) is 0 Å². The zero-order valence-electron chi connectivity index (χ0n) is 10.6. The first-order valence-corrected chi connectivity index (χ1v) is 6.96. The molecule has 1 aliphatic heterocycles. The predicted octanol–water partition coefficient (Wildman–Crippen LogP) is 2.18. The molecular weight excluding hydrogens is 266 g/mol. The first kappa shape index (κ1) is 13.7. The monoisotopic (exact) mass is 281 g/mol. The van der Waals surface area contributed by atoms with Crippen molar-refractivity contribution in [3.8, 4) is 0 Å². The number of carboxylic acids is 1. The molecule has 0 bridgehead atoms. The third-order valence-corrected chi connectivity index (χ3v) is 4.27. The van der Waals surface area contributed by atoms with Crippen LogP contribution in [0.25, 0.3) is 0 Å². The lowest BCUT2D eigenvalue weighted by molar-refractivity contribution is -0.144. The Bertz CT molecular complexity index is 517. The maximum absolute atomic E-state index is 11.9. The minimum atomic E-state index is -0.979. The largest absolute Gasteiger partial charge is 0.477 e. The van der Waals surface area contributed by atoms with Crippen molar-refractivity contribution in [2.24, 2.45) is 0 Å². The van der Waals surface area contributed by atoms with Crippen molar-refractivity contribution in [3.63, 3.8) is 0 Å². The molecule has 0 spiro atoms. The number of carbonyl (C=O) groups excluding carboxylic acids is 2. The molecule has 1 aliphatic rings. The van der Waals surface area contributed by atoms with Gasteiger partial charge < -0.3 is 5.11 Å². The predicted molar refractivity (Wildman–Crippen MR) is 70.0 cm³/mol. The lowest BCUT2D eigenvalue weighted by atomic mass is 10.2. The number of carbonyl (C=O) groups is 3. The van der Waals surface area contributed by atoms with E-state index in [0.29, 0.717) is 12.8 Å². The molecule has 0 aromatic carbocycles. The first-order chi connectivity index (χ1) is 8.99. The van der Waals surface area contributed by atoms with E-state index in [1.807, 2.05) is 0 Å². The summed E-state index contributed by atoms with van der Waals surface area (Å²) in [7, 11) is 0. The van der Waals surface area contributed by atoms with E-state index in [-0.39, 0.29) is 23.2 Å². The number of imide groups is 1. The van der Waals surface area contributed by atoms with Crippen molar-refractivity contribution in [3.05, 3.63) is 21.4 Å². The molecule has 5 nitrogen and oxygen atoms in total. The van der Waals surface area contributed by atoms with E-state index in [9.17, 15) is 14.4 Å². The van der Waals surface area contributed by atoms with Crippen LogP contribution in [-0.4, -0.2) is 27.8 Å². The summed E-state index contributed by atoms with van der Waals surface area (Å²) in [5, 5.41) is 8.94. The number of rotatable bonds is 3. The Morgan fingerprint density at radius 2 is 1.89 bits per heavy atom. The molecule has 1 fully saturated rings. The summed E-state index contributed by atoms with van der Waals surface area (Å²) >= 11 is 1.17. The van der Waals surface area contributed by atoms with Crippen LogP contribution in [0.4, 0.5) is 0 Å². The Hall–Kier alpha value is -1.69. The molecule has 102 valence electrons. The molecule has 19 heavy (non-hydrogen) atoms. The van der Waals surface area contributed by atoms with Crippen LogP contribution in [0.1, 0.15) is 45.8 Å². The topological polar surface area (TPSA) is 74.7 Å². The van der Waals surface area contributed by atoms with Gasteiger partial charge in [-0.05, 0) is 31.4 Å². The summed E-state index contributed by atoms with van der Waals surface area (Å²) in [6.45, 7) is 1.99. The molecular formula is C13H15NO4S. The number of thiophene rings is 1. The molecule has 2 heterocycles. The Balaban J connectivity index is 2.21. The first-order valence-electron chi connectivity index (χ1n) is 6.15. The van der Waals surface area contributed by atoms with Gasteiger partial charge in [-0.2, -0.15) is 0 Å². The van der Waals surface area contributed by atoms with E-state index in [4.69, 9.17) is 5.11 Å². The molecule has 2 amide bonds. The summed E-state index contributed by atoms with van der Waals surface area (Å²) in [6.07, 6.45) is 2.26. The zero-order chi connectivity index (χ0) is 14.0. The standard InChI is InChI=1S/C13H15NO4S/c1-8-9(6-10(19-8)13(17)18)7-14-11(15)4-2-3-5-12(14)16/h6H,2-5,7H2,1H3,(H,17,18). The van der Waals surface area contributed by atoms with Crippen LogP contribution in [0.3, 0.4) is 0 Å². The van der Waals surface area contributed by atoms with Gasteiger partial charge in [-0.1, -0.05) is 0 Å². The van der Waals surface area contributed by atoms with E-state index in [1.165, 1.54) is 16.2 Å². The van der Waals surface area contributed by atoms with E-state index in [2.05, 4.69) is 0 Å². The molecule has 1 N–H and O–H groups in total. The molecule has 2 rings (SSSR count). The van der Waals surface area contributed by atoms with Gasteiger partial charge >= 0.3 is 5.97 Å². The number of hydrogen-bond donors (Lipinski definition) is 1. The van der Waals surface area contributed by atoms with Gasteiger partial charge in [0.25, 0.3) is 0 Å². The van der Waals surface area contributed by atoms with Crippen molar-refractivity contribution < 1.29 is 19.5 Å². The number of aryl methyl sites for hydroxylation is 1. The quantitative estimate of drug-likeness (QED) is 0.862. The van der Waals surface area contributed by atoms with Crippen LogP contribution >= 0.6 is 11.3 Å². The van der Waals surface area contributed by atoms with Gasteiger partial charge in [0.2, 0.25) is 11.8 Å². The molecule has 1 saturated heterocycles.